The van der Waals surface area contributed by atoms with Crippen molar-refractivity contribution in [3.63, 3.8) is 0 Å². The molecule has 0 saturated carbocycles. The van der Waals surface area contributed by atoms with E-state index in [0.29, 0.717) is 11.6 Å². The quantitative estimate of drug-likeness (QED) is 0.371. The van der Waals surface area contributed by atoms with Gasteiger partial charge in [-0.1, -0.05) is 35.3 Å². The van der Waals surface area contributed by atoms with E-state index in [9.17, 15) is 14.9 Å². The minimum absolute atomic E-state index is 0.177. The highest BCUT2D eigenvalue weighted by Gasteiger charge is 2.12. The van der Waals surface area contributed by atoms with Crippen molar-refractivity contribution >= 4 is 46.9 Å². The van der Waals surface area contributed by atoms with Crippen LogP contribution >= 0.6 is 23.2 Å². The fourth-order valence-corrected chi connectivity index (χ4v) is 2.51. The molecule has 0 radical (unpaired) electrons. The van der Waals surface area contributed by atoms with Gasteiger partial charge in [-0.25, -0.2) is 0 Å². The molecule has 2 heterocycles. The zero-order valence-electron chi connectivity index (χ0n) is 13.6. The number of amides is 1. The van der Waals surface area contributed by atoms with Crippen LogP contribution in [-0.2, 0) is 11.3 Å². The SMILES string of the molecule is O=C(/C=C/c1ccc([N+](=O)[O-])o1)Nc1nn(Cc2ccc(Cl)cc2)cc1Cl. The van der Waals surface area contributed by atoms with E-state index in [1.165, 1.54) is 18.2 Å². The van der Waals surface area contributed by atoms with Crippen molar-refractivity contribution in [2.24, 2.45) is 0 Å². The van der Waals surface area contributed by atoms with Crippen LogP contribution in [-0.4, -0.2) is 20.6 Å². The number of anilines is 1. The Morgan fingerprint density at radius 2 is 2.00 bits per heavy atom. The summed E-state index contributed by atoms with van der Waals surface area (Å²) in [6.45, 7) is 0.457. The number of hydrogen-bond donors (Lipinski definition) is 1. The fourth-order valence-electron chi connectivity index (χ4n) is 2.19. The molecule has 0 spiro atoms. The lowest BCUT2D eigenvalue weighted by Crippen LogP contribution is -2.09. The highest BCUT2D eigenvalue weighted by molar-refractivity contribution is 6.33. The van der Waals surface area contributed by atoms with Gasteiger partial charge >= 0.3 is 5.88 Å². The van der Waals surface area contributed by atoms with Crippen LogP contribution in [0.5, 0.6) is 0 Å². The molecule has 0 aliphatic carbocycles. The van der Waals surface area contributed by atoms with E-state index in [4.69, 9.17) is 27.6 Å². The zero-order valence-corrected chi connectivity index (χ0v) is 15.1. The summed E-state index contributed by atoms with van der Waals surface area (Å²) >= 11 is 12.0. The largest absolute Gasteiger partial charge is 0.433 e. The molecular formula is C17H12Cl2N4O4. The summed E-state index contributed by atoms with van der Waals surface area (Å²) in [4.78, 5) is 21.9. The third-order valence-corrected chi connectivity index (χ3v) is 3.94. The second kappa shape index (κ2) is 8.07. The van der Waals surface area contributed by atoms with Gasteiger partial charge in [0.25, 0.3) is 0 Å². The van der Waals surface area contributed by atoms with E-state index in [1.54, 1.807) is 23.0 Å². The molecule has 8 nitrogen and oxygen atoms in total. The number of benzene rings is 1. The Bertz CT molecular complexity index is 1010. The normalized spacial score (nSPS) is 11.0. The van der Waals surface area contributed by atoms with Crippen LogP contribution in [0.25, 0.3) is 6.08 Å². The van der Waals surface area contributed by atoms with Crippen molar-refractivity contribution in [1.29, 1.82) is 0 Å². The molecule has 0 atom stereocenters. The van der Waals surface area contributed by atoms with Crippen molar-refractivity contribution in [3.8, 4) is 0 Å². The first kappa shape index (κ1) is 18.7. The van der Waals surface area contributed by atoms with Crippen LogP contribution in [0.4, 0.5) is 11.7 Å². The summed E-state index contributed by atoms with van der Waals surface area (Å²) < 4.78 is 6.51. The summed E-state index contributed by atoms with van der Waals surface area (Å²) in [6.07, 6.45) is 4.06. The van der Waals surface area contributed by atoms with Crippen LogP contribution in [0, 0.1) is 10.1 Å². The maximum Gasteiger partial charge on any atom is 0.433 e. The summed E-state index contributed by atoms with van der Waals surface area (Å²) in [6, 6.07) is 9.86. The summed E-state index contributed by atoms with van der Waals surface area (Å²) in [5.74, 6) is -0.534. The van der Waals surface area contributed by atoms with Gasteiger partial charge in [0.1, 0.15) is 15.7 Å². The van der Waals surface area contributed by atoms with Crippen LogP contribution in [0.2, 0.25) is 10.0 Å². The minimum Gasteiger partial charge on any atom is -0.401 e. The number of furan rings is 1. The molecule has 0 aliphatic heterocycles. The van der Waals surface area contributed by atoms with Gasteiger partial charge < -0.3 is 9.73 Å². The van der Waals surface area contributed by atoms with Crippen molar-refractivity contribution < 1.29 is 14.1 Å². The molecule has 0 bridgehead atoms. The Kier molecular flexibility index (Phi) is 5.58. The second-order valence-electron chi connectivity index (χ2n) is 5.41. The van der Waals surface area contributed by atoms with Crippen LogP contribution in [0.1, 0.15) is 11.3 Å². The lowest BCUT2D eigenvalue weighted by Gasteiger charge is -2.02. The minimum atomic E-state index is -0.662. The Balaban J connectivity index is 1.63. The molecule has 1 N–H and O–H groups in total. The Hall–Kier alpha value is -3.10. The average molecular weight is 407 g/mol. The molecular weight excluding hydrogens is 395 g/mol. The number of nitrogens with one attached hydrogen (secondary N) is 1. The van der Waals surface area contributed by atoms with Crippen LogP contribution < -0.4 is 5.32 Å². The van der Waals surface area contributed by atoms with Crippen molar-refractivity contribution in [2.45, 2.75) is 6.54 Å². The van der Waals surface area contributed by atoms with E-state index >= 15 is 0 Å². The molecule has 0 aliphatic rings. The van der Waals surface area contributed by atoms with Crippen molar-refractivity contribution in [1.82, 2.24) is 9.78 Å². The Labute approximate surface area is 163 Å². The van der Waals surface area contributed by atoms with Crippen molar-refractivity contribution in [2.75, 3.05) is 5.32 Å². The standard InChI is InChI=1S/C17H12Cl2N4O4/c18-12-3-1-11(2-4-12)9-22-10-14(19)17(21-22)20-15(24)7-5-13-6-8-16(27-13)23(25)26/h1-8,10H,9H2,(H,20,21,24)/b7-5+. The smallest absolute Gasteiger partial charge is 0.401 e. The molecule has 0 fully saturated rings. The molecule has 27 heavy (non-hydrogen) atoms. The summed E-state index contributed by atoms with van der Waals surface area (Å²) in [5, 5.41) is 18.2. The number of aromatic nitrogens is 2. The number of rotatable bonds is 6. The van der Waals surface area contributed by atoms with Gasteiger partial charge in [-0.3, -0.25) is 19.6 Å². The summed E-state index contributed by atoms with van der Waals surface area (Å²) in [7, 11) is 0. The van der Waals surface area contributed by atoms with Gasteiger partial charge in [0.2, 0.25) is 5.91 Å². The van der Waals surface area contributed by atoms with Gasteiger partial charge in [-0.05, 0) is 29.8 Å². The van der Waals surface area contributed by atoms with Crippen molar-refractivity contribution in [3.05, 3.63) is 80.2 Å². The van der Waals surface area contributed by atoms with Crippen LogP contribution in [0.3, 0.4) is 0 Å². The van der Waals surface area contributed by atoms with Gasteiger partial charge in [-0.15, -0.1) is 0 Å². The van der Waals surface area contributed by atoms with E-state index in [2.05, 4.69) is 10.4 Å². The highest BCUT2D eigenvalue weighted by atomic mass is 35.5. The number of nitrogens with zero attached hydrogens (tertiary/aromatic N) is 3. The van der Waals surface area contributed by atoms with E-state index < -0.39 is 16.7 Å². The zero-order chi connectivity index (χ0) is 19.4. The predicted molar refractivity (Wildman–Crippen MR) is 101 cm³/mol. The van der Waals surface area contributed by atoms with Crippen LogP contribution in [0.15, 0.2) is 53.1 Å². The van der Waals surface area contributed by atoms with E-state index in [1.807, 2.05) is 12.1 Å². The summed E-state index contributed by atoms with van der Waals surface area (Å²) in [5.41, 5.74) is 0.968. The van der Waals surface area contributed by atoms with Gasteiger partial charge in [0, 0.05) is 17.3 Å². The first-order valence-corrected chi connectivity index (χ1v) is 8.37. The Morgan fingerprint density at radius 3 is 2.67 bits per heavy atom. The molecule has 3 aromatic rings. The molecule has 1 amide bonds. The molecule has 3 rings (SSSR count). The molecule has 0 saturated heterocycles. The monoisotopic (exact) mass is 406 g/mol. The number of carbonyl (C=O) groups excluding carboxylic acids is 1. The molecule has 10 heteroatoms. The lowest BCUT2D eigenvalue weighted by molar-refractivity contribution is -0.402. The highest BCUT2D eigenvalue weighted by Crippen LogP contribution is 2.21. The first-order chi connectivity index (χ1) is 12.9. The van der Waals surface area contributed by atoms with Gasteiger partial charge in [0.15, 0.2) is 5.82 Å². The topological polar surface area (TPSA) is 103 Å². The molecule has 138 valence electrons. The second-order valence-corrected chi connectivity index (χ2v) is 6.25. The van der Waals surface area contributed by atoms with E-state index in [0.717, 1.165) is 11.6 Å². The fraction of sp³-hybridized carbons (Fsp3) is 0.0588. The molecule has 2 aromatic heterocycles. The maximum absolute atomic E-state index is 12.0. The Morgan fingerprint density at radius 1 is 1.26 bits per heavy atom. The molecule has 1 aromatic carbocycles. The van der Waals surface area contributed by atoms with Gasteiger partial charge in [-0.2, -0.15) is 5.10 Å². The first-order valence-electron chi connectivity index (χ1n) is 7.61. The third kappa shape index (κ3) is 4.96. The third-order valence-electron chi connectivity index (χ3n) is 3.41. The number of halogens is 2. The van der Waals surface area contributed by atoms with Gasteiger partial charge in [0.05, 0.1) is 12.6 Å². The number of hydrogen-bond acceptors (Lipinski definition) is 5. The maximum atomic E-state index is 12.0. The molecule has 0 unspecified atom stereocenters. The average Bonchev–Trinajstić information content (AvgIpc) is 3.22. The number of carbonyl (C=O) groups is 1. The van der Waals surface area contributed by atoms with E-state index in [-0.39, 0.29) is 16.6 Å². The lowest BCUT2D eigenvalue weighted by atomic mass is 10.2. The number of nitro groups is 1. The predicted octanol–water partition coefficient (Wildman–Crippen LogP) is 4.39.